The Morgan fingerprint density at radius 3 is 2.55 bits per heavy atom. The van der Waals surface area contributed by atoms with E-state index in [1.807, 2.05) is 49.2 Å². The van der Waals surface area contributed by atoms with Gasteiger partial charge in [0, 0.05) is 29.8 Å². The molecule has 1 heterocycles. The Balaban J connectivity index is 1.99. The van der Waals surface area contributed by atoms with Gasteiger partial charge in [0.05, 0.1) is 16.9 Å². The van der Waals surface area contributed by atoms with Gasteiger partial charge in [-0.25, -0.2) is 0 Å². The van der Waals surface area contributed by atoms with Gasteiger partial charge in [-0.2, -0.15) is 0 Å². The number of aliphatic hydroxyl groups excluding tert-OH is 1. The van der Waals surface area contributed by atoms with E-state index in [-0.39, 0.29) is 18.4 Å². The standard InChI is InChI=1S/C16H19ClN2O2S/c1-11(14-7-8-15(17)22-14)16(21)18-12-3-5-13(6-4-12)19(2)9-10-20/h3-8,11,20H,9-10H2,1-2H3,(H,18,21). The molecule has 1 unspecified atom stereocenters. The lowest BCUT2D eigenvalue weighted by molar-refractivity contribution is -0.117. The number of anilines is 2. The van der Waals surface area contributed by atoms with Gasteiger partial charge in [0.25, 0.3) is 0 Å². The van der Waals surface area contributed by atoms with E-state index in [0.717, 1.165) is 16.3 Å². The van der Waals surface area contributed by atoms with Crippen LogP contribution in [0.4, 0.5) is 11.4 Å². The van der Waals surface area contributed by atoms with Crippen molar-refractivity contribution in [2.75, 3.05) is 30.4 Å². The molecule has 22 heavy (non-hydrogen) atoms. The fourth-order valence-corrected chi connectivity index (χ4v) is 3.13. The molecule has 118 valence electrons. The number of rotatable bonds is 6. The maximum atomic E-state index is 12.3. The monoisotopic (exact) mass is 338 g/mol. The number of aliphatic hydroxyl groups is 1. The summed E-state index contributed by atoms with van der Waals surface area (Å²) in [6.07, 6.45) is 0. The van der Waals surface area contributed by atoms with Crippen LogP contribution in [0.25, 0.3) is 0 Å². The number of thiophene rings is 1. The highest BCUT2D eigenvalue weighted by atomic mass is 35.5. The number of hydrogen-bond acceptors (Lipinski definition) is 4. The fraction of sp³-hybridized carbons (Fsp3) is 0.312. The van der Waals surface area contributed by atoms with E-state index in [9.17, 15) is 4.79 Å². The van der Waals surface area contributed by atoms with Crippen molar-refractivity contribution in [2.24, 2.45) is 0 Å². The summed E-state index contributed by atoms with van der Waals surface area (Å²) in [4.78, 5) is 15.1. The molecule has 2 rings (SSSR count). The minimum atomic E-state index is -0.241. The van der Waals surface area contributed by atoms with Crippen molar-refractivity contribution < 1.29 is 9.90 Å². The van der Waals surface area contributed by atoms with Gasteiger partial charge < -0.3 is 15.3 Å². The molecule has 0 spiro atoms. The van der Waals surface area contributed by atoms with E-state index in [0.29, 0.717) is 10.9 Å². The van der Waals surface area contributed by atoms with Crippen LogP contribution in [0.2, 0.25) is 4.34 Å². The number of carbonyl (C=O) groups is 1. The molecule has 1 aromatic carbocycles. The zero-order chi connectivity index (χ0) is 16.1. The molecule has 2 aromatic rings. The van der Waals surface area contributed by atoms with Gasteiger partial charge in [-0.05, 0) is 43.3 Å². The Kier molecular flexibility index (Phi) is 5.83. The number of benzene rings is 1. The molecule has 0 radical (unpaired) electrons. The molecule has 0 saturated heterocycles. The van der Waals surface area contributed by atoms with Crippen molar-refractivity contribution in [3.63, 3.8) is 0 Å². The molecular weight excluding hydrogens is 320 g/mol. The summed E-state index contributed by atoms with van der Waals surface area (Å²) < 4.78 is 0.686. The highest BCUT2D eigenvalue weighted by Gasteiger charge is 2.17. The van der Waals surface area contributed by atoms with Crippen molar-refractivity contribution in [2.45, 2.75) is 12.8 Å². The topological polar surface area (TPSA) is 52.6 Å². The molecule has 0 bridgehead atoms. The van der Waals surface area contributed by atoms with Crippen LogP contribution in [0.5, 0.6) is 0 Å². The van der Waals surface area contributed by atoms with Gasteiger partial charge in [0.2, 0.25) is 5.91 Å². The summed E-state index contributed by atoms with van der Waals surface area (Å²) >= 11 is 7.33. The maximum Gasteiger partial charge on any atom is 0.232 e. The lowest BCUT2D eigenvalue weighted by Gasteiger charge is -2.18. The molecule has 1 atom stereocenters. The van der Waals surface area contributed by atoms with Gasteiger partial charge in [0.1, 0.15) is 0 Å². The molecule has 4 nitrogen and oxygen atoms in total. The number of amides is 1. The predicted octanol–water partition coefficient (Wildman–Crippen LogP) is 3.57. The van der Waals surface area contributed by atoms with Crippen LogP contribution < -0.4 is 10.2 Å². The smallest absolute Gasteiger partial charge is 0.232 e. The average Bonchev–Trinajstić information content (AvgIpc) is 2.94. The number of carbonyl (C=O) groups excluding carboxylic acids is 1. The van der Waals surface area contributed by atoms with Crippen LogP contribution in [0, 0.1) is 0 Å². The van der Waals surface area contributed by atoms with Gasteiger partial charge >= 0.3 is 0 Å². The van der Waals surface area contributed by atoms with Gasteiger partial charge in [-0.15, -0.1) is 11.3 Å². The SMILES string of the molecule is CC(C(=O)Nc1ccc(N(C)CCO)cc1)c1ccc(Cl)s1. The molecule has 0 fully saturated rings. The summed E-state index contributed by atoms with van der Waals surface area (Å²) in [6, 6.07) is 11.2. The highest BCUT2D eigenvalue weighted by molar-refractivity contribution is 7.16. The summed E-state index contributed by atoms with van der Waals surface area (Å²) in [6.45, 7) is 2.54. The Morgan fingerprint density at radius 2 is 2.00 bits per heavy atom. The third-order valence-electron chi connectivity index (χ3n) is 3.43. The van der Waals surface area contributed by atoms with E-state index in [1.54, 1.807) is 6.07 Å². The Bertz CT molecular complexity index is 627. The van der Waals surface area contributed by atoms with Crippen molar-refractivity contribution in [3.8, 4) is 0 Å². The minimum Gasteiger partial charge on any atom is -0.395 e. The third-order valence-corrected chi connectivity index (χ3v) is 4.84. The largest absolute Gasteiger partial charge is 0.395 e. The van der Waals surface area contributed by atoms with Crippen LogP contribution in [-0.2, 0) is 4.79 Å². The Morgan fingerprint density at radius 1 is 1.32 bits per heavy atom. The van der Waals surface area contributed by atoms with Crippen molar-refractivity contribution in [1.29, 1.82) is 0 Å². The molecule has 2 N–H and O–H groups in total. The number of hydrogen-bond donors (Lipinski definition) is 2. The number of halogens is 1. The molecule has 0 aliphatic rings. The second-order valence-corrected chi connectivity index (χ2v) is 6.79. The van der Waals surface area contributed by atoms with Gasteiger partial charge in [0.15, 0.2) is 0 Å². The Hall–Kier alpha value is -1.56. The first-order valence-electron chi connectivity index (χ1n) is 6.99. The van der Waals surface area contributed by atoms with Crippen LogP contribution in [0.3, 0.4) is 0 Å². The van der Waals surface area contributed by atoms with Gasteiger partial charge in [-0.1, -0.05) is 11.6 Å². The predicted molar refractivity (Wildman–Crippen MR) is 93.2 cm³/mol. The van der Waals surface area contributed by atoms with E-state index >= 15 is 0 Å². The van der Waals surface area contributed by atoms with E-state index < -0.39 is 0 Å². The Labute approximate surface area is 139 Å². The van der Waals surface area contributed by atoms with Crippen LogP contribution in [-0.4, -0.2) is 31.2 Å². The summed E-state index contributed by atoms with van der Waals surface area (Å²) in [7, 11) is 1.91. The number of likely N-dealkylation sites (N-methyl/N-ethyl adjacent to an activating group) is 1. The zero-order valence-corrected chi connectivity index (χ0v) is 14.1. The average molecular weight is 339 g/mol. The highest BCUT2D eigenvalue weighted by Crippen LogP contribution is 2.29. The molecule has 0 aliphatic heterocycles. The quantitative estimate of drug-likeness (QED) is 0.846. The normalized spacial score (nSPS) is 12.0. The van der Waals surface area contributed by atoms with E-state index in [4.69, 9.17) is 16.7 Å². The van der Waals surface area contributed by atoms with Gasteiger partial charge in [-0.3, -0.25) is 4.79 Å². The van der Waals surface area contributed by atoms with Crippen LogP contribution in [0.15, 0.2) is 36.4 Å². The molecule has 0 saturated carbocycles. The van der Waals surface area contributed by atoms with Crippen LogP contribution >= 0.6 is 22.9 Å². The van der Waals surface area contributed by atoms with E-state index in [1.165, 1.54) is 11.3 Å². The second kappa shape index (κ2) is 7.63. The second-order valence-electron chi connectivity index (χ2n) is 5.04. The molecule has 0 aliphatic carbocycles. The van der Waals surface area contributed by atoms with Crippen molar-refractivity contribution in [3.05, 3.63) is 45.6 Å². The summed E-state index contributed by atoms with van der Waals surface area (Å²) in [5, 5.41) is 11.8. The lowest BCUT2D eigenvalue weighted by Crippen LogP contribution is -2.21. The summed E-state index contributed by atoms with van der Waals surface area (Å²) in [5.74, 6) is -0.302. The zero-order valence-electron chi connectivity index (χ0n) is 12.5. The molecule has 1 aromatic heterocycles. The lowest BCUT2D eigenvalue weighted by atomic mass is 10.1. The number of nitrogens with zero attached hydrogens (tertiary/aromatic N) is 1. The summed E-state index contributed by atoms with van der Waals surface area (Å²) in [5.41, 5.74) is 1.74. The first-order chi connectivity index (χ1) is 10.5. The first kappa shape index (κ1) is 16.8. The van der Waals surface area contributed by atoms with Crippen LogP contribution in [0.1, 0.15) is 17.7 Å². The van der Waals surface area contributed by atoms with Crippen molar-refractivity contribution >= 4 is 40.2 Å². The minimum absolute atomic E-state index is 0.0602. The molecule has 6 heteroatoms. The first-order valence-corrected chi connectivity index (χ1v) is 8.19. The molecule has 1 amide bonds. The maximum absolute atomic E-state index is 12.3. The number of nitrogens with one attached hydrogen (secondary N) is 1. The van der Waals surface area contributed by atoms with Crippen molar-refractivity contribution in [1.82, 2.24) is 0 Å². The molecular formula is C16H19ClN2O2S. The fourth-order valence-electron chi connectivity index (χ4n) is 2.02. The third kappa shape index (κ3) is 4.22. The van der Waals surface area contributed by atoms with E-state index in [2.05, 4.69) is 5.32 Å².